The monoisotopic (exact) mass is 126 g/mol. The van der Waals surface area contributed by atoms with Crippen LogP contribution in [0.1, 0.15) is 19.8 Å². The van der Waals surface area contributed by atoms with E-state index in [1.54, 1.807) is 6.21 Å². The van der Waals surface area contributed by atoms with Gasteiger partial charge in [-0.1, -0.05) is 6.92 Å². The third-order valence-electron chi connectivity index (χ3n) is 1.21. The second-order valence-electron chi connectivity index (χ2n) is 2.02. The van der Waals surface area contributed by atoms with Crippen molar-refractivity contribution in [3.8, 4) is 0 Å². The lowest BCUT2D eigenvalue weighted by Gasteiger charge is -2.08. The smallest absolute Gasteiger partial charge is 0.248 e. The molecule has 0 atom stereocenters. The van der Waals surface area contributed by atoms with Gasteiger partial charge >= 0.3 is 0 Å². The van der Waals surface area contributed by atoms with E-state index in [1.807, 2.05) is 6.92 Å². The maximum atomic E-state index is 10.8. The largest absolute Gasteiger partial charge is 0.273 e. The van der Waals surface area contributed by atoms with Gasteiger partial charge in [0.25, 0.3) is 0 Å². The highest BCUT2D eigenvalue weighted by Gasteiger charge is 2.13. The van der Waals surface area contributed by atoms with E-state index >= 15 is 0 Å². The van der Waals surface area contributed by atoms with Gasteiger partial charge in [0.1, 0.15) is 0 Å². The van der Waals surface area contributed by atoms with E-state index in [9.17, 15) is 4.79 Å². The fraction of sp³-hybridized carbons (Fsp3) is 0.667. The molecular weight excluding hydrogens is 116 g/mol. The van der Waals surface area contributed by atoms with Crippen molar-refractivity contribution in [2.45, 2.75) is 19.8 Å². The van der Waals surface area contributed by atoms with Gasteiger partial charge in [0, 0.05) is 12.8 Å². The van der Waals surface area contributed by atoms with E-state index in [-0.39, 0.29) is 5.91 Å². The summed E-state index contributed by atoms with van der Waals surface area (Å²) in [4.78, 5) is 10.8. The SMILES string of the molecule is CCCN1N=CCC1=O. The second-order valence-corrected chi connectivity index (χ2v) is 2.02. The van der Waals surface area contributed by atoms with Crippen LogP contribution in [0.25, 0.3) is 0 Å². The van der Waals surface area contributed by atoms with E-state index in [2.05, 4.69) is 5.10 Å². The number of carbonyl (C=O) groups excluding carboxylic acids is 1. The molecule has 0 aromatic heterocycles. The van der Waals surface area contributed by atoms with E-state index < -0.39 is 0 Å². The molecule has 0 unspecified atom stereocenters. The predicted molar refractivity (Wildman–Crippen MR) is 35.1 cm³/mol. The molecule has 0 radical (unpaired) electrons. The number of hydrogen-bond donors (Lipinski definition) is 0. The van der Waals surface area contributed by atoms with Gasteiger partial charge in [0.15, 0.2) is 0 Å². The van der Waals surface area contributed by atoms with Gasteiger partial charge in [-0.3, -0.25) is 4.79 Å². The molecule has 0 saturated carbocycles. The van der Waals surface area contributed by atoms with Crippen molar-refractivity contribution in [3.63, 3.8) is 0 Å². The molecule has 0 saturated heterocycles. The highest BCUT2D eigenvalue weighted by atomic mass is 16.2. The van der Waals surface area contributed by atoms with E-state index in [0.29, 0.717) is 6.42 Å². The summed E-state index contributed by atoms with van der Waals surface area (Å²) in [7, 11) is 0. The van der Waals surface area contributed by atoms with Gasteiger partial charge < -0.3 is 0 Å². The zero-order valence-corrected chi connectivity index (χ0v) is 5.50. The van der Waals surface area contributed by atoms with Crippen molar-refractivity contribution < 1.29 is 4.79 Å². The lowest BCUT2D eigenvalue weighted by Crippen LogP contribution is -2.21. The van der Waals surface area contributed by atoms with Crippen LogP contribution in [0.2, 0.25) is 0 Å². The Hall–Kier alpha value is -0.860. The Morgan fingerprint density at radius 1 is 1.89 bits per heavy atom. The molecule has 0 N–H and O–H groups in total. The zero-order chi connectivity index (χ0) is 6.69. The van der Waals surface area contributed by atoms with Crippen LogP contribution in [0.5, 0.6) is 0 Å². The molecular formula is C6H10N2O. The van der Waals surface area contributed by atoms with Crippen molar-refractivity contribution in [1.29, 1.82) is 0 Å². The first-order valence-corrected chi connectivity index (χ1v) is 3.17. The summed E-state index contributed by atoms with van der Waals surface area (Å²) in [6, 6.07) is 0. The summed E-state index contributed by atoms with van der Waals surface area (Å²) >= 11 is 0. The Balaban J connectivity index is 2.40. The summed E-state index contributed by atoms with van der Waals surface area (Å²) in [5.74, 6) is 0.122. The summed E-state index contributed by atoms with van der Waals surface area (Å²) in [5, 5.41) is 5.38. The van der Waals surface area contributed by atoms with Gasteiger partial charge in [-0.15, -0.1) is 0 Å². The van der Waals surface area contributed by atoms with E-state index in [1.165, 1.54) is 5.01 Å². The van der Waals surface area contributed by atoms with Crippen LogP contribution in [0.3, 0.4) is 0 Å². The molecule has 9 heavy (non-hydrogen) atoms. The molecule has 1 heterocycles. The molecule has 0 aromatic rings. The summed E-state index contributed by atoms with van der Waals surface area (Å²) in [6.07, 6.45) is 3.11. The average molecular weight is 126 g/mol. The maximum Gasteiger partial charge on any atom is 0.248 e. The number of carbonyl (C=O) groups is 1. The summed E-state index contributed by atoms with van der Waals surface area (Å²) in [6.45, 7) is 2.79. The molecule has 1 aliphatic rings. The first-order valence-electron chi connectivity index (χ1n) is 3.17. The van der Waals surface area contributed by atoms with Crippen LogP contribution in [-0.2, 0) is 4.79 Å². The van der Waals surface area contributed by atoms with Crippen LogP contribution in [0.4, 0.5) is 0 Å². The molecule has 50 valence electrons. The Bertz CT molecular complexity index is 142. The standard InChI is InChI=1S/C6H10N2O/c1-2-5-8-6(9)3-4-7-8/h4H,2-3,5H2,1H3. The number of hydrogen-bond acceptors (Lipinski definition) is 2. The van der Waals surface area contributed by atoms with Gasteiger partial charge in [-0.2, -0.15) is 5.10 Å². The average Bonchev–Trinajstić information content (AvgIpc) is 2.18. The normalized spacial score (nSPS) is 17.4. The molecule has 0 spiro atoms. The number of rotatable bonds is 2. The van der Waals surface area contributed by atoms with E-state index in [0.717, 1.165) is 13.0 Å². The quantitative estimate of drug-likeness (QED) is 0.533. The summed E-state index contributed by atoms with van der Waals surface area (Å²) in [5.41, 5.74) is 0. The van der Waals surface area contributed by atoms with Crippen molar-refractivity contribution in [1.82, 2.24) is 5.01 Å². The van der Waals surface area contributed by atoms with Crippen molar-refractivity contribution >= 4 is 12.1 Å². The molecule has 0 fully saturated rings. The minimum atomic E-state index is 0.122. The fourth-order valence-electron chi connectivity index (χ4n) is 0.781. The van der Waals surface area contributed by atoms with Crippen LogP contribution in [-0.4, -0.2) is 23.7 Å². The molecule has 1 rings (SSSR count). The van der Waals surface area contributed by atoms with Crippen LogP contribution >= 0.6 is 0 Å². The lowest BCUT2D eigenvalue weighted by atomic mass is 10.4. The molecule has 0 aromatic carbocycles. The fourth-order valence-corrected chi connectivity index (χ4v) is 0.781. The van der Waals surface area contributed by atoms with Crippen molar-refractivity contribution in [2.75, 3.05) is 6.54 Å². The first kappa shape index (κ1) is 6.26. The zero-order valence-electron chi connectivity index (χ0n) is 5.50. The molecule has 0 bridgehead atoms. The van der Waals surface area contributed by atoms with E-state index in [4.69, 9.17) is 0 Å². The highest BCUT2D eigenvalue weighted by molar-refractivity contribution is 5.93. The van der Waals surface area contributed by atoms with Crippen LogP contribution in [0.15, 0.2) is 5.10 Å². The molecule has 3 heteroatoms. The third-order valence-corrected chi connectivity index (χ3v) is 1.21. The lowest BCUT2D eigenvalue weighted by molar-refractivity contribution is -0.128. The maximum absolute atomic E-state index is 10.8. The van der Waals surface area contributed by atoms with Crippen molar-refractivity contribution in [2.24, 2.45) is 5.10 Å². The first-order chi connectivity index (χ1) is 4.34. The molecule has 1 amide bonds. The van der Waals surface area contributed by atoms with Gasteiger partial charge in [0.2, 0.25) is 5.91 Å². The van der Waals surface area contributed by atoms with Gasteiger partial charge in [-0.05, 0) is 6.42 Å². The number of amides is 1. The third kappa shape index (κ3) is 1.28. The summed E-state index contributed by atoms with van der Waals surface area (Å²) < 4.78 is 0. The molecule has 1 aliphatic heterocycles. The highest BCUT2D eigenvalue weighted by Crippen LogP contribution is 2.01. The Morgan fingerprint density at radius 2 is 2.67 bits per heavy atom. The number of nitrogens with zero attached hydrogens (tertiary/aromatic N) is 2. The Morgan fingerprint density at radius 3 is 3.11 bits per heavy atom. The minimum Gasteiger partial charge on any atom is -0.273 e. The Kier molecular flexibility index (Phi) is 1.82. The Labute approximate surface area is 54.3 Å². The molecule has 0 aliphatic carbocycles. The number of hydrazone groups is 1. The minimum absolute atomic E-state index is 0.122. The predicted octanol–water partition coefficient (Wildman–Crippen LogP) is 0.615. The van der Waals surface area contributed by atoms with Gasteiger partial charge in [0.05, 0.1) is 6.42 Å². The van der Waals surface area contributed by atoms with Crippen molar-refractivity contribution in [3.05, 3.63) is 0 Å². The molecule has 3 nitrogen and oxygen atoms in total. The topological polar surface area (TPSA) is 32.7 Å². The van der Waals surface area contributed by atoms with Crippen LogP contribution < -0.4 is 0 Å². The van der Waals surface area contributed by atoms with Gasteiger partial charge in [-0.25, -0.2) is 5.01 Å². The second kappa shape index (κ2) is 2.62. The van der Waals surface area contributed by atoms with Crippen LogP contribution in [0, 0.1) is 0 Å².